The summed E-state index contributed by atoms with van der Waals surface area (Å²) in [6, 6.07) is 11.3. The van der Waals surface area contributed by atoms with Crippen LogP contribution in [0, 0.1) is 0 Å². The minimum absolute atomic E-state index is 0.242. The number of nitrogens with two attached hydrogens (primary N) is 1. The van der Waals surface area contributed by atoms with Gasteiger partial charge in [0.15, 0.2) is 0 Å². The summed E-state index contributed by atoms with van der Waals surface area (Å²) in [4.78, 5) is 3.34. The molecular weight excluding hydrogens is 252 g/mol. The van der Waals surface area contributed by atoms with Crippen LogP contribution in [0.3, 0.4) is 0 Å². The number of nitrogens with zero attached hydrogens (tertiary/aromatic N) is 1. The van der Waals surface area contributed by atoms with E-state index in [9.17, 15) is 0 Å². The van der Waals surface area contributed by atoms with Crippen LogP contribution in [-0.2, 0) is 0 Å². The lowest BCUT2D eigenvalue weighted by Gasteiger charge is -2.37. The first kappa shape index (κ1) is 16.1. The van der Waals surface area contributed by atoms with Crippen molar-refractivity contribution in [2.75, 3.05) is 6.54 Å². The number of rotatable bonds is 6. The molecule has 0 heterocycles. The van der Waals surface area contributed by atoms with Crippen molar-refractivity contribution < 1.29 is 0 Å². The van der Waals surface area contributed by atoms with E-state index in [0.717, 1.165) is 11.4 Å². The van der Waals surface area contributed by atoms with Gasteiger partial charge in [-0.15, -0.1) is 0 Å². The highest BCUT2D eigenvalue weighted by molar-refractivity contribution is 7.80. The van der Waals surface area contributed by atoms with Gasteiger partial charge < -0.3 is 10.6 Å². The highest BCUT2D eigenvalue weighted by Gasteiger charge is 2.24. The first-order valence-corrected chi connectivity index (χ1v) is 7.47. The van der Waals surface area contributed by atoms with Crippen molar-refractivity contribution in [2.24, 2.45) is 5.73 Å². The van der Waals surface area contributed by atoms with Crippen molar-refractivity contribution >= 4 is 17.2 Å². The molecule has 0 amide bonds. The van der Waals surface area contributed by atoms with E-state index in [1.54, 1.807) is 0 Å². The third kappa shape index (κ3) is 4.29. The molecule has 0 aliphatic carbocycles. The van der Waals surface area contributed by atoms with Crippen LogP contribution in [0.5, 0.6) is 0 Å². The lowest BCUT2D eigenvalue weighted by atomic mass is 9.94. The largest absolute Gasteiger partial charge is 0.361 e. The van der Waals surface area contributed by atoms with Gasteiger partial charge in [0.25, 0.3) is 0 Å². The van der Waals surface area contributed by atoms with E-state index in [2.05, 4.69) is 56.9 Å². The average molecular weight is 278 g/mol. The summed E-state index contributed by atoms with van der Waals surface area (Å²) in [6.45, 7) is 9.42. The second kappa shape index (κ2) is 7.61. The molecule has 0 bridgehead atoms. The molecule has 1 aromatic carbocycles. The second-order valence-electron chi connectivity index (χ2n) is 5.47. The molecule has 3 heteroatoms. The Balaban J connectivity index is 3.02. The van der Waals surface area contributed by atoms with E-state index in [1.165, 1.54) is 5.56 Å². The molecule has 1 rings (SSSR count). The molecule has 0 radical (unpaired) electrons. The Labute approximate surface area is 123 Å². The summed E-state index contributed by atoms with van der Waals surface area (Å²) in [5.74, 6) is 0.242. The molecule has 2 nitrogen and oxygen atoms in total. The normalized spacial score (nSPS) is 12.8. The van der Waals surface area contributed by atoms with Crippen molar-refractivity contribution in [1.29, 1.82) is 0 Å². The van der Waals surface area contributed by atoms with E-state index in [1.807, 2.05) is 6.07 Å². The highest BCUT2D eigenvalue weighted by Crippen LogP contribution is 2.25. The van der Waals surface area contributed by atoms with E-state index >= 15 is 0 Å². The molecule has 19 heavy (non-hydrogen) atoms. The van der Waals surface area contributed by atoms with Crippen LogP contribution in [0.15, 0.2) is 30.3 Å². The van der Waals surface area contributed by atoms with Gasteiger partial charge in [0.2, 0.25) is 0 Å². The Morgan fingerprint density at radius 3 is 2.05 bits per heavy atom. The topological polar surface area (TPSA) is 29.3 Å². The fourth-order valence-electron chi connectivity index (χ4n) is 2.57. The Kier molecular flexibility index (Phi) is 6.46. The van der Waals surface area contributed by atoms with Gasteiger partial charge in [-0.25, -0.2) is 0 Å². The standard InChI is InChI=1S/C16H26N2S/c1-12(2)18(13(3)4)16(19)15(10-11-17)14-8-6-5-7-9-14/h5-9,12-13,15H,10-11,17H2,1-4H3. The number of hydrogen-bond donors (Lipinski definition) is 1. The van der Waals surface area contributed by atoms with Gasteiger partial charge in [-0.05, 0) is 46.2 Å². The molecule has 1 aromatic rings. The molecule has 0 spiro atoms. The van der Waals surface area contributed by atoms with Crippen LogP contribution < -0.4 is 5.73 Å². The van der Waals surface area contributed by atoms with Crippen molar-refractivity contribution in [3.05, 3.63) is 35.9 Å². The van der Waals surface area contributed by atoms with Crippen molar-refractivity contribution in [3.63, 3.8) is 0 Å². The van der Waals surface area contributed by atoms with Crippen LogP contribution in [0.25, 0.3) is 0 Å². The van der Waals surface area contributed by atoms with Crippen molar-refractivity contribution in [1.82, 2.24) is 4.90 Å². The zero-order valence-corrected chi connectivity index (χ0v) is 13.3. The van der Waals surface area contributed by atoms with Gasteiger partial charge in [-0.2, -0.15) is 0 Å². The monoisotopic (exact) mass is 278 g/mol. The fraction of sp³-hybridized carbons (Fsp3) is 0.562. The van der Waals surface area contributed by atoms with Crippen LogP contribution in [-0.4, -0.2) is 28.5 Å². The van der Waals surface area contributed by atoms with Crippen LogP contribution >= 0.6 is 12.2 Å². The fourth-order valence-corrected chi connectivity index (χ4v) is 3.25. The molecule has 0 aliphatic rings. The van der Waals surface area contributed by atoms with Crippen molar-refractivity contribution in [3.8, 4) is 0 Å². The quantitative estimate of drug-likeness (QED) is 0.807. The molecule has 0 saturated carbocycles. The summed E-state index contributed by atoms with van der Waals surface area (Å²) in [5.41, 5.74) is 7.05. The second-order valence-corrected chi connectivity index (χ2v) is 5.89. The Morgan fingerprint density at radius 2 is 1.63 bits per heavy atom. The zero-order valence-electron chi connectivity index (χ0n) is 12.5. The molecule has 2 N–H and O–H groups in total. The lowest BCUT2D eigenvalue weighted by Crippen LogP contribution is -2.44. The highest BCUT2D eigenvalue weighted by atomic mass is 32.1. The van der Waals surface area contributed by atoms with Crippen molar-refractivity contribution in [2.45, 2.75) is 52.1 Å². The SMILES string of the molecule is CC(C)N(C(=S)C(CCN)c1ccccc1)C(C)C. The molecule has 0 aromatic heterocycles. The van der Waals surface area contributed by atoms with E-state index < -0.39 is 0 Å². The molecule has 0 saturated heterocycles. The van der Waals surface area contributed by atoms with Gasteiger partial charge >= 0.3 is 0 Å². The first-order valence-electron chi connectivity index (χ1n) is 7.06. The van der Waals surface area contributed by atoms with E-state index in [-0.39, 0.29) is 5.92 Å². The third-order valence-corrected chi connectivity index (χ3v) is 3.82. The van der Waals surface area contributed by atoms with Gasteiger partial charge in [-0.3, -0.25) is 0 Å². The molecule has 0 fully saturated rings. The predicted molar refractivity (Wildman–Crippen MR) is 87.6 cm³/mol. The zero-order chi connectivity index (χ0) is 14.4. The summed E-state index contributed by atoms with van der Waals surface area (Å²) < 4.78 is 0. The minimum atomic E-state index is 0.242. The van der Waals surface area contributed by atoms with Gasteiger partial charge in [0, 0.05) is 18.0 Å². The molecule has 0 aliphatic heterocycles. The average Bonchev–Trinajstić information content (AvgIpc) is 2.36. The Bertz CT molecular complexity index is 379. The summed E-state index contributed by atoms with van der Waals surface area (Å²) >= 11 is 5.77. The summed E-state index contributed by atoms with van der Waals surface area (Å²) in [6.07, 6.45) is 0.902. The predicted octanol–water partition coefficient (Wildman–Crippen LogP) is 3.57. The first-order chi connectivity index (χ1) is 8.99. The summed E-state index contributed by atoms with van der Waals surface area (Å²) in [7, 11) is 0. The minimum Gasteiger partial charge on any atom is -0.361 e. The van der Waals surface area contributed by atoms with Gasteiger partial charge in [0.05, 0.1) is 4.99 Å². The van der Waals surface area contributed by atoms with Crippen LogP contribution in [0.1, 0.15) is 45.6 Å². The maximum atomic E-state index is 5.78. The Hall–Kier alpha value is -0.930. The molecule has 1 unspecified atom stereocenters. The van der Waals surface area contributed by atoms with Gasteiger partial charge in [-0.1, -0.05) is 42.5 Å². The third-order valence-electron chi connectivity index (χ3n) is 3.32. The number of hydrogen-bond acceptors (Lipinski definition) is 2. The Morgan fingerprint density at radius 1 is 1.11 bits per heavy atom. The molecular formula is C16H26N2S. The number of thiocarbonyl (C=S) groups is 1. The van der Waals surface area contributed by atoms with Crippen LogP contribution in [0.2, 0.25) is 0 Å². The smallest absolute Gasteiger partial charge is 0.0860 e. The lowest BCUT2D eigenvalue weighted by molar-refractivity contribution is 0.288. The van der Waals surface area contributed by atoms with E-state index in [4.69, 9.17) is 18.0 Å². The van der Waals surface area contributed by atoms with Gasteiger partial charge in [0.1, 0.15) is 0 Å². The maximum Gasteiger partial charge on any atom is 0.0860 e. The number of benzene rings is 1. The maximum absolute atomic E-state index is 5.78. The summed E-state index contributed by atoms with van der Waals surface area (Å²) in [5, 5.41) is 0. The molecule has 1 atom stereocenters. The van der Waals surface area contributed by atoms with E-state index in [0.29, 0.717) is 18.6 Å². The van der Waals surface area contributed by atoms with Crippen LogP contribution in [0.4, 0.5) is 0 Å². The molecule has 106 valence electrons.